The first kappa shape index (κ1) is 20.7. The van der Waals surface area contributed by atoms with Crippen LogP contribution in [0.1, 0.15) is 24.1 Å². The van der Waals surface area contributed by atoms with Crippen molar-refractivity contribution in [3.05, 3.63) is 83.9 Å². The highest BCUT2D eigenvalue weighted by molar-refractivity contribution is 7.92. The van der Waals surface area contributed by atoms with Gasteiger partial charge in [0.2, 0.25) is 0 Å². The fraction of sp³-hybridized carbons (Fsp3) is 0.217. The van der Waals surface area contributed by atoms with Crippen LogP contribution in [-0.2, 0) is 10.0 Å². The first-order valence-corrected chi connectivity index (χ1v) is 10.7. The SMILES string of the molecule is COc1ccc(N(C(C)c2ccccc2OC)S(=O)(=O)c2ccc(C)cc2)cc1. The molecule has 0 amide bonds. The summed E-state index contributed by atoms with van der Waals surface area (Å²) < 4.78 is 39.5. The van der Waals surface area contributed by atoms with E-state index in [0.717, 1.165) is 11.1 Å². The maximum atomic E-state index is 13.7. The van der Waals surface area contributed by atoms with Gasteiger partial charge >= 0.3 is 0 Å². The summed E-state index contributed by atoms with van der Waals surface area (Å²) >= 11 is 0. The normalized spacial score (nSPS) is 12.3. The van der Waals surface area contributed by atoms with Gasteiger partial charge in [-0.15, -0.1) is 0 Å². The van der Waals surface area contributed by atoms with Gasteiger partial charge in [0.15, 0.2) is 0 Å². The fourth-order valence-electron chi connectivity index (χ4n) is 3.26. The lowest BCUT2D eigenvalue weighted by Crippen LogP contribution is -2.34. The number of methoxy groups -OCH3 is 2. The van der Waals surface area contributed by atoms with Gasteiger partial charge in [-0.25, -0.2) is 8.42 Å². The zero-order chi connectivity index (χ0) is 21.0. The summed E-state index contributed by atoms with van der Waals surface area (Å²) in [5, 5.41) is 0. The molecule has 0 saturated heterocycles. The molecule has 0 saturated carbocycles. The number of anilines is 1. The molecule has 0 aliphatic heterocycles. The van der Waals surface area contributed by atoms with Crippen LogP contribution in [-0.4, -0.2) is 22.6 Å². The molecule has 3 rings (SSSR count). The molecule has 29 heavy (non-hydrogen) atoms. The molecule has 152 valence electrons. The summed E-state index contributed by atoms with van der Waals surface area (Å²) in [7, 11) is -0.668. The van der Waals surface area contributed by atoms with Gasteiger partial charge in [0.25, 0.3) is 10.0 Å². The zero-order valence-electron chi connectivity index (χ0n) is 17.0. The van der Waals surface area contributed by atoms with Crippen molar-refractivity contribution in [2.45, 2.75) is 24.8 Å². The van der Waals surface area contributed by atoms with Gasteiger partial charge in [0.05, 0.1) is 30.8 Å². The number of benzene rings is 3. The molecule has 0 heterocycles. The van der Waals surface area contributed by atoms with Gasteiger partial charge in [0.1, 0.15) is 11.5 Å². The summed E-state index contributed by atoms with van der Waals surface area (Å²) in [6.45, 7) is 3.78. The van der Waals surface area contributed by atoms with E-state index in [4.69, 9.17) is 9.47 Å². The van der Waals surface area contributed by atoms with Crippen LogP contribution in [0.3, 0.4) is 0 Å². The van der Waals surface area contributed by atoms with E-state index in [9.17, 15) is 8.42 Å². The number of sulfonamides is 1. The summed E-state index contributed by atoms with van der Waals surface area (Å²) in [4.78, 5) is 0.237. The summed E-state index contributed by atoms with van der Waals surface area (Å²) in [5.74, 6) is 1.30. The van der Waals surface area contributed by atoms with E-state index in [0.29, 0.717) is 17.2 Å². The molecule has 3 aromatic rings. The predicted molar refractivity (Wildman–Crippen MR) is 115 cm³/mol. The lowest BCUT2D eigenvalue weighted by Gasteiger charge is -2.31. The molecule has 0 aromatic heterocycles. The number of aryl methyl sites for hydroxylation is 1. The Balaban J connectivity index is 2.16. The van der Waals surface area contributed by atoms with Crippen molar-refractivity contribution in [3.63, 3.8) is 0 Å². The van der Waals surface area contributed by atoms with Crippen LogP contribution in [0.5, 0.6) is 11.5 Å². The molecule has 0 bridgehead atoms. The molecule has 1 unspecified atom stereocenters. The first-order valence-electron chi connectivity index (χ1n) is 9.26. The monoisotopic (exact) mass is 411 g/mol. The molecule has 0 aliphatic carbocycles. The Bertz CT molecular complexity index is 1060. The van der Waals surface area contributed by atoms with Crippen LogP contribution < -0.4 is 13.8 Å². The average molecular weight is 412 g/mol. The first-order chi connectivity index (χ1) is 13.9. The number of nitrogens with zero attached hydrogens (tertiary/aromatic N) is 1. The van der Waals surface area contributed by atoms with Crippen LogP contribution in [0.4, 0.5) is 5.69 Å². The van der Waals surface area contributed by atoms with Crippen LogP contribution in [0.25, 0.3) is 0 Å². The highest BCUT2D eigenvalue weighted by atomic mass is 32.2. The van der Waals surface area contributed by atoms with Crippen LogP contribution in [0.2, 0.25) is 0 Å². The van der Waals surface area contributed by atoms with Gasteiger partial charge in [-0.1, -0.05) is 35.9 Å². The average Bonchev–Trinajstić information content (AvgIpc) is 2.74. The highest BCUT2D eigenvalue weighted by Crippen LogP contribution is 2.37. The van der Waals surface area contributed by atoms with E-state index in [-0.39, 0.29) is 4.90 Å². The Kier molecular flexibility index (Phi) is 6.13. The summed E-state index contributed by atoms with van der Waals surface area (Å²) in [5.41, 5.74) is 2.32. The van der Waals surface area contributed by atoms with Crippen LogP contribution >= 0.6 is 0 Å². The molecule has 0 radical (unpaired) electrons. The van der Waals surface area contributed by atoms with Crippen LogP contribution in [0, 0.1) is 6.92 Å². The molecule has 0 aliphatic rings. The molecule has 0 fully saturated rings. The number of para-hydroxylation sites is 1. The largest absolute Gasteiger partial charge is 0.497 e. The lowest BCUT2D eigenvalue weighted by atomic mass is 10.1. The second-order valence-electron chi connectivity index (χ2n) is 6.73. The van der Waals surface area contributed by atoms with E-state index < -0.39 is 16.1 Å². The Morgan fingerprint density at radius 1 is 0.828 bits per heavy atom. The number of hydrogen-bond donors (Lipinski definition) is 0. The third kappa shape index (κ3) is 4.22. The molecule has 0 N–H and O–H groups in total. The smallest absolute Gasteiger partial charge is 0.264 e. The fourth-order valence-corrected chi connectivity index (χ4v) is 4.90. The van der Waals surface area contributed by atoms with Gasteiger partial charge in [-0.3, -0.25) is 4.31 Å². The molecule has 1 atom stereocenters. The van der Waals surface area contributed by atoms with Crippen LogP contribution in [0.15, 0.2) is 77.7 Å². The number of rotatable bonds is 7. The molecular weight excluding hydrogens is 386 g/mol. The Morgan fingerprint density at radius 3 is 2.03 bits per heavy atom. The standard InChI is InChI=1S/C23H25NO4S/c1-17-9-15-21(16-10-17)29(25,26)24(19-11-13-20(27-3)14-12-19)18(2)22-7-5-6-8-23(22)28-4/h5-16,18H,1-4H3. The number of hydrogen-bond acceptors (Lipinski definition) is 4. The Morgan fingerprint density at radius 2 is 1.45 bits per heavy atom. The van der Waals surface area contributed by atoms with E-state index in [1.165, 1.54) is 4.31 Å². The second kappa shape index (κ2) is 8.57. The summed E-state index contributed by atoms with van der Waals surface area (Å²) in [6.07, 6.45) is 0. The predicted octanol–water partition coefficient (Wildman–Crippen LogP) is 4.97. The van der Waals surface area contributed by atoms with E-state index in [1.54, 1.807) is 62.8 Å². The zero-order valence-corrected chi connectivity index (χ0v) is 17.8. The number of ether oxygens (including phenoxy) is 2. The Labute approximate surface area is 172 Å². The van der Waals surface area contributed by atoms with Crippen molar-refractivity contribution < 1.29 is 17.9 Å². The Hall–Kier alpha value is -2.99. The molecule has 0 spiro atoms. The highest BCUT2D eigenvalue weighted by Gasteiger charge is 2.31. The second-order valence-corrected chi connectivity index (χ2v) is 8.54. The van der Waals surface area contributed by atoms with Gasteiger partial charge in [0, 0.05) is 5.56 Å². The van der Waals surface area contributed by atoms with Crippen molar-refractivity contribution in [3.8, 4) is 11.5 Å². The third-order valence-corrected chi connectivity index (χ3v) is 6.76. The molecular formula is C23H25NO4S. The van der Waals surface area contributed by atoms with Gasteiger partial charge in [-0.05, 0) is 56.3 Å². The van der Waals surface area contributed by atoms with Crippen molar-refractivity contribution in [1.29, 1.82) is 0 Å². The third-order valence-electron chi connectivity index (χ3n) is 4.85. The maximum absolute atomic E-state index is 13.7. The minimum atomic E-state index is -3.83. The minimum Gasteiger partial charge on any atom is -0.497 e. The molecule has 6 heteroatoms. The van der Waals surface area contributed by atoms with Gasteiger partial charge in [-0.2, -0.15) is 0 Å². The topological polar surface area (TPSA) is 55.8 Å². The molecule has 3 aromatic carbocycles. The van der Waals surface area contributed by atoms with E-state index >= 15 is 0 Å². The quantitative estimate of drug-likeness (QED) is 0.551. The lowest BCUT2D eigenvalue weighted by molar-refractivity contribution is 0.407. The van der Waals surface area contributed by atoms with Crippen molar-refractivity contribution >= 4 is 15.7 Å². The van der Waals surface area contributed by atoms with E-state index in [2.05, 4.69) is 0 Å². The van der Waals surface area contributed by atoms with E-state index in [1.807, 2.05) is 38.1 Å². The maximum Gasteiger partial charge on any atom is 0.264 e. The van der Waals surface area contributed by atoms with Gasteiger partial charge < -0.3 is 9.47 Å². The summed E-state index contributed by atoms with van der Waals surface area (Å²) in [6, 6.07) is 20.8. The van der Waals surface area contributed by atoms with Crippen molar-refractivity contribution in [2.24, 2.45) is 0 Å². The minimum absolute atomic E-state index is 0.237. The molecule has 5 nitrogen and oxygen atoms in total. The van der Waals surface area contributed by atoms with Crippen molar-refractivity contribution in [1.82, 2.24) is 0 Å². The van der Waals surface area contributed by atoms with Crippen molar-refractivity contribution in [2.75, 3.05) is 18.5 Å².